The molecule has 0 bridgehead atoms. The predicted molar refractivity (Wildman–Crippen MR) is 127 cm³/mol. The molecule has 1 aromatic rings. The van der Waals surface area contributed by atoms with Gasteiger partial charge in [-0.2, -0.15) is 0 Å². The van der Waals surface area contributed by atoms with Gasteiger partial charge in [-0.15, -0.1) is 13.2 Å². The van der Waals surface area contributed by atoms with Crippen LogP contribution in [-0.4, -0.2) is 48.6 Å². The number of amides is 2. The maximum atomic E-state index is 12.2. The maximum absolute atomic E-state index is 12.2. The number of alkyl halides is 3. The minimum atomic E-state index is -4.68. The Kier molecular flexibility index (Phi) is 8.14. The standard InChI is InChI=1S/C23H26F3N5O3S/c24-23(25,26)34-18-7-1-14(2-8-18)9-11-27-15-3-5-16(6-4-15)29-21-28-12-10-17(30-21)13-19-20(32)31-22(33)35-19/h1-2,7-8,10,12-13,15-16,21,27,29-30H,3-6,9,11H2,(H,31,32,33)/b19-13-. The van der Waals surface area contributed by atoms with E-state index < -0.39 is 12.3 Å². The molecule has 1 saturated heterocycles. The number of carbonyl (C=O) groups excluding carboxylic acids is 2. The van der Waals surface area contributed by atoms with E-state index in [1.807, 2.05) is 0 Å². The van der Waals surface area contributed by atoms with Gasteiger partial charge in [-0.25, -0.2) is 0 Å². The molecular weight excluding hydrogens is 483 g/mol. The van der Waals surface area contributed by atoms with Crippen LogP contribution in [0.5, 0.6) is 5.75 Å². The summed E-state index contributed by atoms with van der Waals surface area (Å²) < 4.78 is 40.6. The third kappa shape index (κ3) is 7.84. The van der Waals surface area contributed by atoms with Crippen molar-refractivity contribution in [1.82, 2.24) is 21.3 Å². The molecule has 12 heteroatoms. The molecule has 1 aliphatic carbocycles. The van der Waals surface area contributed by atoms with Crippen molar-refractivity contribution >= 4 is 29.1 Å². The Hall–Kier alpha value is -2.83. The first-order chi connectivity index (χ1) is 16.7. The van der Waals surface area contributed by atoms with E-state index >= 15 is 0 Å². The van der Waals surface area contributed by atoms with Gasteiger partial charge in [0, 0.05) is 24.0 Å². The summed E-state index contributed by atoms with van der Waals surface area (Å²) in [6.07, 6.45) is 4.74. The first-order valence-electron chi connectivity index (χ1n) is 11.3. The van der Waals surface area contributed by atoms with E-state index in [0.29, 0.717) is 22.7 Å². The Morgan fingerprint density at radius 3 is 2.49 bits per heavy atom. The topological polar surface area (TPSA) is 104 Å². The maximum Gasteiger partial charge on any atom is 0.573 e. The average Bonchev–Trinajstić information content (AvgIpc) is 3.12. The van der Waals surface area contributed by atoms with E-state index in [2.05, 4.69) is 31.0 Å². The summed E-state index contributed by atoms with van der Waals surface area (Å²) in [4.78, 5) is 27.8. The minimum absolute atomic E-state index is 0.214. The van der Waals surface area contributed by atoms with Crippen LogP contribution in [0.4, 0.5) is 18.0 Å². The number of halogens is 3. The lowest BCUT2D eigenvalue weighted by Gasteiger charge is -2.32. The highest BCUT2D eigenvalue weighted by molar-refractivity contribution is 8.18. The molecule has 1 atom stereocenters. The largest absolute Gasteiger partial charge is 0.573 e. The first kappa shape index (κ1) is 25.3. The lowest BCUT2D eigenvalue weighted by Crippen LogP contribution is -2.49. The number of aliphatic imine (C=N–C) groups is 1. The molecule has 35 heavy (non-hydrogen) atoms. The summed E-state index contributed by atoms with van der Waals surface area (Å²) in [6, 6.07) is 6.64. The van der Waals surface area contributed by atoms with Gasteiger partial charge in [0.25, 0.3) is 11.1 Å². The molecule has 2 heterocycles. The van der Waals surface area contributed by atoms with E-state index in [1.165, 1.54) is 12.1 Å². The normalized spacial score (nSPS) is 25.9. The van der Waals surface area contributed by atoms with Gasteiger partial charge in [-0.05, 0) is 80.3 Å². The molecule has 1 unspecified atom stereocenters. The summed E-state index contributed by atoms with van der Waals surface area (Å²) in [7, 11) is 0. The van der Waals surface area contributed by atoms with Gasteiger partial charge in [-0.3, -0.25) is 25.2 Å². The van der Waals surface area contributed by atoms with Crippen LogP contribution in [0.3, 0.4) is 0 Å². The number of imide groups is 1. The molecule has 1 saturated carbocycles. The van der Waals surface area contributed by atoms with Crippen LogP contribution in [0.2, 0.25) is 0 Å². The molecule has 0 spiro atoms. The first-order valence-corrected chi connectivity index (χ1v) is 12.1. The zero-order valence-electron chi connectivity index (χ0n) is 18.7. The number of thioether (sulfide) groups is 1. The zero-order valence-corrected chi connectivity index (χ0v) is 19.5. The Labute approximate surface area is 204 Å². The molecule has 188 valence electrons. The number of allylic oxidation sites excluding steroid dienone is 2. The third-order valence-corrected chi connectivity index (χ3v) is 6.66. The van der Waals surface area contributed by atoms with Crippen molar-refractivity contribution in [3.05, 3.63) is 52.6 Å². The summed E-state index contributed by atoms with van der Waals surface area (Å²) in [6.45, 7) is 0.744. The number of ether oxygens (including phenoxy) is 1. The highest BCUT2D eigenvalue weighted by Gasteiger charge is 2.31. The predicted octanol–water partition coefficient (Wildman–Crippen LogP) is 3.33. The lowest BCUT2D eigenvalue weighted by molar-refractivity contribution is -0.274. The molecule has 2 amide bonds. The fourth-order valence-corrected chi connectivity index (χ4v) is 4.83. The van der Waals surface area contributed by atoms with Crippen LogP contribution in [0, 0.1) is 0 Å². The second-order valence-electron chi connectivity index (χ2n) is 8.43. The third-order valence-electron chi connectivity index (χ3n) is 5.85. The van der Waals surface area contributed by atoms with E-state index in [-0.39, 0.29) is 17.3 Å². The van der Waals surface area contributed by atoms with Gasteiger partial charge < -0.3 is 15.4 Å². The number of nitrogens with one attached hydrogen (secondary N) is 4. The van der Waals surface area contributed by atoms with Gasteiger partial charge in [0.2, 0.25) is 0 Å². The van der Waals surface area contributed by atoms with Crippen LogP contribution < -0.4 is 26.0 Å². The molecule has 4 N–H and O–H groups in total. The monoisotopic (exact) mass is 509 g/mol. The minimum Gasteiger partial charge on any atom is -0.406 e. The summed E-state index contributed by atoms with van der Waals surface area (Å²) >= 11 is 0.874. The van der Waals surface area contributed by atoms with Crippen molar-refractivity contribution in [2.75, 3.05) is 6.54 Å². The molecular formula is C23H26F3N5O3S. The average molecular weight is 510 g/mol. The lowest BCUT2D eigenvalue weighted by atomic mass is 9.91. The molecule has 2 fully saturated rings. The molecule has 2 aliphatic heterocycles. The Morgan fingerprint density at radius 2 is 1.83 bits per heavy atom. The Morgan fingerprint density at radius 1 is 1.11 bits per heavy atom. The van der Waals surface area contributed by atoms with Gasteiger partial charge in [0.15, 0.2) is 6.29 Å². The van der Waals surface area contributed by atoms with Gasteiger partial charge in [0.1, 0.15) is 5.75 Å². The molecule has 3 aliphatic rings. The van der Waals surface area contributed by atoms with Crippen molar-refractivity contribution in [1.29, 1.82) is 0 Å². The second-order valence-corrected chi connectivity index (χ2v) is 9.45. The quantitative estimate of drug-likeness (QED) is 0.399. The van der Waals surface area contributed by atoms with Crippen molar-refractivity contribution in [3.8, 4) is 5.75 Å². The number of nitrogens with zero attached hydrogens (tertiary/aromatic N) is 1. The highest BCUT2D eigenvalue weighted by atomic mass is 32.2. The fraction of sp³-hybridized carbons (Fsp3) is 0.435. The number of rotatable bonds is 8. The number of hydrogen-bond acceptors (Lipinski definition) is 8. The zero-order chi connectivity index (χ0) is 24.8. The van der Waals surface area contributed by atoms with E-state index in [9.17, 15) is 22.8 Å². The van der Waals surface area contributed by atoms with Crippen molar-refractivity contribution in [2.45, 2.75) is 56.8 Å². The Bertz CT molecular complexity index is 1020. The van der Waals surface area contributed by atoms with Crippen LogP contribution in [0.25, 0.3) is 0 Å². The second kappa shape index (κ2) is 11.3. The molecule has 4 rings (SSSR count). The fourth-order valence-electron chi connectivity index (χ4n) is 4.16. The van der Waals surface area contributed by atoms with Crippen molar-refractivity contribution < 1.29 is 27.5 Å². The van der Waals surface area contributed by atoms with Crippen molar-refractivity contribution in [3.63, 3.8) is 0 Å². The van der Waals surface area contributed by atoms with E-state index in [1.54, 1.807) is 30.5 Å². The summed E-state index contributed by atoms with van der Waals surface area (Å²) in [5.74, 6) is -0.609. The molecule has 1 aromatic carbocycles. The molecule has 0 radical (unpaired) electrons. The van der Waals surface area contributed by atoms with Crippen LogP contribution in [0.1, 0.15) is 31.2 Å². The number of carbonyl (C=O) groups is 2. The van der Waals surface area contributed by atoms with Gasteiger partial charge in [-0.1, -0.05) is 12.1 Å². The summed E-state index contributed by atoms with van der Waals surface area (Å²) in [5.41, 5.74) is 1.65. The van der Waals surface area contributed by atoms with E-state index in [0.717, 1.165) is 56.0 Å². The van der Waals surface area contributed by atoms with E-state index in [4.69, 9.17) is 0 Å². The van der Waals surface area contributed by atoms with Crippen molar-refractivity contribution in [2.24, 2.45) is 4.99 Å². The SMILES string of the molecule is O=C1NC(=O)/C(=C/C2=CC=NC(NC3CCC(NCCc4ccc(OC(F)(F)F)cc4)CC3)N2)S1. The molecule has 8 nitrogen and oxygen atoms in total. The number of benzene rings is 1. The highest BCUT2D eigenvalue weighted by Crippen LogP contribution is 2.25. The smallest absolute Gasteiger partial charge is 0.406 e. The van der Waals surface area contributed by atoms with Crippen LogP contribution in [0.15, 0.2) is 52.0 Å². The number of hydrogen-bond donors (Lipinski definition) is 4. The van der Waals surface area contributed by atoms with Crippen LogP contribution >= 0.6 is 11.8 Å². The molecule has 0 aromatic heterocycles. The summed E-state index contributed by atoms with van der Waals surface area (Å²) in [5, 5.41) is 12.1. The van der Waals surface area contributed by atoms with Gasteiger partial charge in [0.05, 0.1) is 4.91 Å². The Balaban J connectivity index is 1.14. The van der Waals surface area contributed by atoms with Gasteiger partial charge >= 0.3 is 6.36 Å². The van der Waals surface area contributed by atoms with Crippen LogP contribution in [-0.2, 0) is 11.2 Å².